The van der Waals surface area contributed by atoms with Gasteiger partial charge in [-0.2, -0.15) is 13.2 Å². The fourth-order valence-corrected chi connectivity index (χ4v) is 4.22. The van der Waals surface area contributed by atoms with Crippen molar-refractivity contribution in [2.45, 2.75) is 20.0 Å². The lowest BCUT2D eigenvalue weighted by Gasteiger charge is -2.16. The SMILES string of the molecule is Cc1cc(C(=O)Nc2nc3ccccc3s2)c(C)n1-c1ccccc1C(F)(F)F. The third kappa shape index (κ3) is 3.51. The van der Waals surface area contributed by atoms with Crippen molar-refractivity contribution in [3.05, 3.63) is 77.1 Å². The van der Waals surface area contributed by atoms with Crippen LogP contribution in [-0.4, -0.2) is 15.5 Å². The maximum atomic E-state index is 13.5. The van der Waals surface area contributed by atoms with Gasteiger partial charge < -0.3 is 4.57 Å². The molecule has 2 aromatic carbocycles. The second-order valence-electron chi connectivity index (χ2n) is 6.58. The number of para-hydroxylation sites is 2. The van der Waals surface area contributed by atoms with Gasteiger partial charge in [-0.25, -0.2) is 4.98 Å². The molecule has 2 aromatic heterocycles. The number of benzene rings is 2. The number of halogens is 3. The number of nitrogens with one attached hydrogen (secondary N) is 1. The number of alkyl halides is 3. The monoisotopic (exact) mass is 415 g/mol. The zero-order valence-corrected chi connectivity index (χ0v) is 16.4. The average Bonchev–Trinajstić information content (AvgIpc) is 3.20. The molecule has 0 saturated carbocycles. The van der Waals surface area contributed by atoms with E-state index in [1.165, 1.54) is 28.0 Å². The predicted molar refractivity (Wildman–Crippen MR) is 108 cm³/mol. The average molecular weight is 415 g/mol. The highest BCUT2D eigenvalue weighted by Gasteiger charge is 2.34. The molecule has 29 heavy (non-hydrogen) atoms. The fourth-order valence-electron chi connectivity index (χ4n) is 3.36. The van der Waals surface area contributed by atoms with E-state index in [0.29, 0.717) is 22.1 Å². The lowest BCUT2D eigenvalue weighted by Crippen LogP contribution is -2.14. The van der Waals surface area contributed by atoms with Gasteiger partial charge in [-0.3, -0.25) is 10.1 Å². The number of aryl methyl sites for hydroxylation is 1. The third-order valence-corrected chi connectivity index (χ3v) is 5.59. The highest BCUT2D eigenvalue weighted by atomic mass is 32.1. The minimum atomic E-state index is -4.50. The first-order valence-corrected chi connectivity index (χ1v) is 9.60. The van der Waals surface area contributed by atoms with E-state index in [4.69, 9.17) is 0 Å². The van der Waals surface area contributed by atoms with Crippen LogP contribution in [0.15, 0.2) is 54.6 Å². The molecule has 0 radical (unpaired) electrons. The first-order chi connectivity index (χ1) is 13.8. The van der Waals surface area contributed by atoms with Crippen molar-refractivity contribution in [3.8, 4) is 5.69 Å². The second kappa shape index (κ2) is 7.04. The Kier molecular flexibility index (Phi) is 4.66. The highest BCUT2D eigenvalue weighted by molar-refractivity contribution is 7.22. The van der Waals surface area contributed by atoms with Crippen molar-refractivity contribution in [2.75, 3.05) is 5.32 Å². The number of nitrogens with zero attached hydrogens (tertiary/aromatic N) is 2. The predicted octanol–water partition coefficient (Wildman–Crippen LogP) is 5.97. The number of anilines is 1. The van der Waals surface area contributed by atoms with Gasteiger partial charge in [0.05, 0.1) is 27.0 Å². The Balaban J connectivity index is 1.72. The first-order valence-electron chi connectivity index (χ1n) is 8.78. The molecular formula is C21H16F3N3OS. The summed E-state index contributed by atoms with van der Waals surface area (Å²) in [7, 11) is 0. The van der Waals surface area contributed by atoms with Crippen molar-refractivity contribution in [2.24, 2.45) is 0 Å². The summed E-state index contributed by atoms with van der Waals surface area (Å²) in [5, 5.41) is 3.20. The number of amides is 1. The number of fused-ring (bicyclic) bond motifs is 1. The number of rotatable bonds is 3. The van der Waals surface area contributed by atoms with Gasteiger partial charge in [-0.1, -0.05) is 35.6 Å². The summed E-state index contributed by atoms with van der Waals surface area (Å²) in [4.78, 5) is 17.2. The van der Waals surface area contributed by atoms with Gasteiger partial charge in [0, 0.05) is 11.4 Å². The van der Waals surface area contributed by atoms with E-state index in [1.54, 1.807) is 26.0 Å². The van der Waals surface area contributed by atoms with E-state index in [-0.39, 0.29) is 5.69 Å². The van der Waals surface area contributed by atoms with Crippen LogP contribution in [0.25, 0.3) is 15.9 Å². The summed E-state index contributed by atoms with van der Waals surface area (Å²) in [5.41, 5.74) is 1.29. The highest BCUT2D eigenvalue weighted by Crippen LogP contribution is 2.35. The Morgan fingerprint density at radius 1 is 1.07 bits per heavy atom. The van der Waals surface area contributed by atoms with Crippen LogP contribution in [0.1, 0.15) is 27.3 Å². The molecule has 1 N–H and O–H groups in total. The van der Waals surface area contributed by atoms with E-state index >= 15 is 0 Å². The molecule has 0 aliphatic rings. The summed E-state index contributed by atoms with van der Waals surface area (Å²) >= 11 is 1.34. The molecule has 0 saturated heterocycles. The Morgan fingerprint density at radius 3 is 2.48 bits per heavy atom. The van der Waals surface area contributed by atoms with E-state index in [1.807, 2.05) is 24.3 Å². The summed E-state index contributed by atoms with van der Waals surface area (Å²) in [6, 6.07) is 14.4. The lowest BCUT2D eigenvalue weighted by molar-refractivity contribution is -0.137. The number of aromatic nitrogens is 2. The number of carbonyl (C=O) groups is 1. The lowest BCUT2D eigenvalue weighted by atomic mass is 10.1. The topological polar surface area (TPSA) is 46.9 Å². The summed E-state index contributed by atoms with van der Waals surface area (Å²) < 4.78 is 42.7. The first kappa shape index (κ1) is 19.2. The van der Waals surface area contributed by atoms with Crippen molar-refractivity contribution in [1.82, 2.24) is 9.55 Å². The number of thiazole rings is 1. The van der Waals surface area contributed by atoms with Crippen LogP contribution < -0.4 is 5.32 Å². The maximum Gasteiger partial charge on any atom is 0.418 e. The smallest absolute Gasteiger partial charge is 0.317 e. The van der Waals surface area contributed by atoms with E-state index in [0.717, 1.165) is 16.3 Å². The van der Waals surface area contributed by atoms with Gasteiger partial charge >= 0.3 is 6.18 Å². The molecule has 4 aromatic rings. The zero-order valence-electron chi connectivity index (χ0n) is 15.5. The molecule has 0 aliphatic heterocycles. The molecule has 0 aliphatic carbocycles. The van der Waals surface area contributed by atoms with Crippen LogP contribution >= 0.6 is 11.3 Å². The molecule has 1 amide bonds. The zero-order chi connectivity index (χ0) is 20.8. The van der Waals surface area contributed by atoms with Crippen LogP contribution in [0.5, 0.6) is 0 Å². The van der Waals surface area contributed by atoms with Crippen LogP contribution in [0.3, 0.4) is 0 Å². The standard InChI is InChI=1S/C21H16F3N3OS/c1-12-11-14(19(28)26-20-25-16-8-4-6-10-18(16)29-20)13(2)27(12)17-9-5-3-7-15(17)21(22,23)24/h3-11H,1-2H3,(H,25,26,28). The number of hydrogen-bond donors (Lipinski definition) is 1. The van der Waals surface area contributed by atoms with Crippen LogP contribution in [0, 0.1) is 13.8 Å². The molecular weight excluding hydrogens is 399 g/mol. The molecule has 148 valence electrons. The quantitative estimate of drug-likeness (QED) is 0.448. The molecule has 4 rings (SSSR count). The van der Waals surface area contributed by atoms with Crippen LogP contribution in [0.4, 0.5) is 18.3 Å². The summed E-state index contributed by atoms with van der Waals surface area (Å²) in [6.45, 7) is 3.31. The number of hydrogen-bond acceptors (Lipinski definition) is 3. The van der Waals surface area contributed by atoms with Gasteiger partial charge in [0.2, 0.25) is 0 Å². The molecule has 0 fully saturated rings. The number of carbonyl (C=O) groups excluding carboxylic acids is 1. The van der Waals surface area contributed by atoms with Crippen LogP contribution in [-0.2, 0) is 6.18 Å². The Hall–Kier alpha value is -3.13. The van der Waals surface area contributed by atoms with Crippen molar-refractivity contribution < 1.29 is 18.0 Å². The summed E-state index contributed by atoms with van der Waals surface area (Å²) in [5.74, 6) is -0.409. The largest absolute Gasteiger partial charge is 0.418 e. The van der Waals surface area contributed by atoms with Gasteiger partial charge in [-0.15, -0.1) is 0 Å². The minimum absolute atomic E-state index is 0.00552. The fraction of sp³-hybridized carbons (Fsp3) is 0.143. The van der Waals surface area contributed by atoms with Gasteiger partial charge in [0.1, 0.15) is 0 Å². The summed E-state index contributed by atoms with van der Waals surface area (Å²) in [6.07, 6.45) is -4.50. The molecule has 2 heterocycles. The van der Waals surface area contributed by atoms with Gasteiger partial charge in [0.15, 0.2) is 5.13 Å². The second-order valence-corrected chi connectivity index (χ2v) is 7.61. The van der Waals surface area contributed by atoms with E-state index in [9.17, 15) is 18.0 Å². The van der Waals surface area contributed by atoms with Gasteiger partial charge in [0.25, 0.3) is 5.91 Å². The Bertz CT molecular complexity index is 1190. The Labute approximate surface area is 168 Å². The molecule has 0 atom stereocenters. The van der Waals surface area contributed by atoms with Crippen molar-refractivity contribution >= 4 is 32.6 Å². The van der Waals surface area contributed by atoms with Gasteiger partial charge in [-0.05, 0) is 44.2 Å². The normalized spacial score (nSPS) is 11.8. The van der Waals surface area contributed by atoms with E-state index in [2.05, 4.69) is 10.3 Å². The molecule has 0 spiro atoms. The maximum absolute atomic E-state index is 13.5. The molecule has 8 heteroatoms. The molecule has 4 nitrogen and oxygen atoms in total. The Morgan fingerprint density at radius 2 is 1.76 bits per heavy atom. The van der Waals surface area contributed by atoms with Crippen LogP contribution in [0.2, 0.25) is 0 Å². The van der Waals surface area contributed by atoms with Crippen molar-refractivity contribution in [1.29, 1.82) is 0 Å². The molecule has 0 unspecified atom stereocenters. The van der Waals surface area contributed by atoms with Crippen molar-refractivity contribution in [3.63, 3.8) is 0 Å². The van der Waals surface area contributed by atoms with E-state index < -0.39 is 17.6 Å². The third-order valence-electron chi connectivity index (χ3n) is 4.64. The molecule has 0 bridgehead atoms. The minimum Gasteiger partial charge on any atom is -0.317 e.